The van der Waals surface area contributed by atoms with Gasteiger partial charge in [0.15, 0.2) is 0 Å². The summed E-state index contributed by atoms with van der Waals surface area (Å²) in [5.74, 6) is 0.832. The van der Waals surface area contributed by atoms with Crippen molar-refractivity contribution in [3.05, 3.63) is 35.6 Å². The van der Waals surface area contributed by atoms with Gasteiger partial charge in [0.1, 0.15) is 16.7 Å². The molecule has 120 valence electrons. The van der Waals surface area contributed by atoms with Gasteiger partial charge in [-0.05, 0) is 19.8 Å². The lowest BCUT2D eigenvalue weighted by Gasteiger charge is -2.36. The molecular weight excluding hydrogens is 314 g/mol. The van der Waals surface area contributed by atoms with Gasteiger partial charge >= 0.3 is 0 Å². The van der Waals surface area contributed by atoms with Crippen LogP contribution in [0.2, 0.25) is 5.15 Å². The first-order chi connectivity index (χ1) is 11.0. The maximum Gasteiger partial charge on any atom is 0.219 e. The molecule has 0 radical (unpaired) electrons. The number of hydrogen-bond acceptors (Lipinski definition) is 5. The van der Waals surface area contributed by atoms with Gasteiger partial charge in [-0.3, -0.25) is 14.8 Å². The topological polar surface area (TPSA) is 71.9 Å². The zero-order valence-corrected chi connectivity index (χ0v) is 13.9. The third kappa shape index (κ3) is 3.47. The van der Waals surface area contributed by atoms with Crippen LogP contribution in [0.25, 0.3) is 11.4 Å². The second kappa shape index (κ2) is 6.58. The van der Waals surface area contributed by atoms with Gasteiger partial charge in [0.2, 0.25) is 5.91 Å². The van der Waals surface area contributed by atoms with E-state index >= 15 is 0 Å². The quantitative estimate of drug-likeness (QED) is 0.791. The molecule has 0 spiro atoms. The maximum atomic E-state index is 11.8. The van der Waals surface area contributed by atoms with Crippen LogP contribution in [0.4, 0.5) is 0 Å². The molecule has 23 heavy (non-hydrogen) atoms. The molecule has 1 aliphatic heterocycles. The first kappa shape index (κ1) is 15.8. The molecule has 0 aliphatic carbocycles. The zero-order chi connectivity index (χ0) is 16.4. The van der Waals surface area contributed by atoms with Crippen LogP contribution in [0.5, 0.6) is 0 Å². The number of rotatable bonds is 2. The first-order valence-electron chi connectivity index (χ1n) is 7.62. The number of aromatic nitrogens is 4. The van der Waals surface area contributed by atoms with Crippen molar-refractivity contribution in [2.24, 2.45) is 0 Å². The van der Waals surface area contributed by atoms with Crippen molar-refractivity contribution in [2.75, 3.05) is 6.54 Å². The Bertz CT molecular complexity index is 709. The molecule has 1 saturated heterocycles. The lowest BCUT2D eigenvalue weighted by molar-refractivity contribution is -0.132. The summed E-state index contributed by atoms with van der Waals surface area (Å²) in [5.41, 5.74) is 1.31. The third-order valence-corrected chi connectivity index (χ3v) is 4.38. The smallest absolute Gasteiger partial charge is 0.219 e. The van der Waals surface area contributed by atoms with Gasteiger partial charge in [0.25, 0.3) is 0 Å². The number of carbonyl (C=O) groups is 1. The van der Waals surface area contributed by atoms with E-state index < -0.39 is 0 Å². The van der Waals surface area contributed by atoms with E-state index in [-0.39, 0.29) is 17.9 Å². The molecule has 1 aliphatic rings. The van der Waals surface area contributed by atoms with Crippen LogP contribution in [-0.4, -0.2) is 43.3 Å². The van der Waals surface area contributed by atoms with Gasteiger partial charge < -0.3 is 4.90 Å². The van der Waals surface area contributed by atoms with E-state index in [1.165, 1.54) is 0 Å². The fourth-order valence-electron chi connectivity index (χ4n) is 2.94. The summed E-state index contributed by atoms with van der Waals surface area (Å²) < 4.78 is 0. The van der Waals surface area contributed by atoms with Gasteiger partial charge in [0.05, 0.1) is 11.9 Å². The molecule has 3 rings (SSSR count). The molecule has 2 aromatic heterocycles. The number of likely N-dealkylation sites (tertiary alicyclic amines) is 1. The van der Waals surface area contributed by atoms with E-state index in [1.807, 2.05) is 4.90 Å². The van der Waals surface area contributed by atoms with E-state index in [1.54, 1.807) is 31.6 Å². The van der Waals surface area contributed by atoms with Gasteiger partial charge in [-0.15, -0.1) is 0 Å². The molecule has 2 atom stereocenters. The predicted molar refractivity (Wildman–Crippen MR) is 86.9 cm³/mol. The van der Waals surface area contributed by atoms with Crippen molar-refractivity contribution in [2.45, 2.75) is 38.6 Å². The normalized spacial score (nSPS) is 21.3. The van der Waals surface area contributed by atoms with Crippen molar-refractivity contribution in [3.63, 3.8) is 0 Å². The SMILES string of the molecule is CC(=O)N1C[C@H](c2nc(Cl)cc(-c3cnccn3)n2)CC[C@@H]1C. The van der Waals surface area contributed by atoms with Gasteiger partial charge in [-0.1, -0.05) is 11.6 Å². The Morgan fingerprint density at radius 2 is 2.09 bits per heavy atom. The molecule has 1 amide bonds. The summed E-state index contributed by atoms with van der Waals surface area (Å²) in [6.45, 7) is 4.29. The number of piperidine rings is 1. The second-order valence-electron chi connectivity index (χ2n) is 5.82. The first-order valence-corrected chi connectivity index (χ1v) is 8.00. The Labute approximate surface area is 140 Å². The number of hydrogen-bond donors (Lipinski definition) is 0. The van der Waals surface area contributed by atoms with E-state index in [4.69, 9.17) is 11.6 Å². The molecule has 6 nitrogen and oxygen atoms in total. The number of nitrogens with zero attached hydrogens (tertiary/aromatic N) is 5. The highest BCUT2D eigenvalue weighted by Gasteiger charge is 2.30. The highest BCUT2D eigenvalue weighted by molar-refractivity contribution is 6.29. The Morgan fingerprint density at radius 1 is 1.26 bits per heavy atom. The summed E-state index contributed by atoms with van der Waals surface area (Å²) in [6.07, 6.45) is 6.74. The average Bonchev–Trinajstić information content (AvgIpc) is 2.55. The fraction of sp³-hybridized carbons (Fsp3) is 0.438. The summed E-state index contributed by atoms with van der Waals surface area (Å²) in [4.78, 5) is 31.0. The Morgan fingerprint density at radius 3 is 2.78 bits per heavy atom. The highest BCUT2D eigenvalue weighted by Crippen LogP contribution is 2.30. The maximum absolute atomic E-state index is 11.8. The molecule has 0 saturated carbocycles. The van der Waals surface area contributed by atoms with Crippen molar-refractivity contribution in [3.8, 4) is 11.4 Å². The molecule has 0 bridgehead atoms. The van der Waals surface area contributed by atoms with E-state index in [9.17, 15) is 4.79 Å². The van der Waals surface area contributed by atoms with E-state index in [0.717, 1.165) is 12.8 Å². The minimum Gasteiger partial charge on any atom is -0.340 e. The number of carbonyl (C=O) groups excluding carboxylic acids is 1. The molecule has 2 aromatic rings. The van der Waals surface area contributed by atoms with E-state index in [2.05, 4.69) is 26.9 Å². The van der Waals surface area contributed by atoms with Gasteiger partial charge in [-0.2, -0.15) is 0 Å². The molecule has 1 fully saturated rings. The van der Waals surface area contributed by atoms with Gasteiger partial charge in [0, 0.05) is 43.9 Å². The largest absolute Gasteiger partial charge is 0.340 e. The molecule has 0 unspecified atom stereocenters. The van der Waals surface area contributed by atoms with Crippen LogP contribution in [0.1, 0.15) is 38.4 Å². The van der Waals surface area contributed by atoms with Crippen LogP contribution in [-0.2, 0) is 4.79 Å². The summed E-state index contributed by atoms with van der Waals surface area (Å²) in [5, 5.41) is 0.378. The van der Waals surface area contributed by atoms with Crippen LogP contribution in [0.15, 0.2) is 24.7 Å². The number of halogens is 1. The number of amides is 1. The minimum atomic E-state index is 0.0818. The molecule has 7 heteroatoms. The third-order valence-electron chi connectivity index (χ3n) is 4.19. The summed E-state index contributed by atoms with van der Waals surface area (Å²) in [7, 11) is 0. The van der Waals surface area contributed by atoms with Crippen LogP contribution >= 0.6 is 11.6 Å². The van der Waals surface area contributed by atoms with Crippen molar-refractivity contribution < 1.29 is 4.79 Å². The minimum absolute atomic E-state index is 0.0818. The standard InChI is InChI=1S/C16H18ClN5O/c1-10-3-4-12(9-22(10)11(2)23)16-20-13(7-15(17)21-16)14-8-18-5-6-19-14/h5-8,10,12H,3-4,9H2,1-2H3/t10-,12+/m0/s1. The predicted octanol–water partition coefficient (Wildman–Crippen LogP) is 2.70. The van der Waals surface area contributed by atoms with Gasteiger partial charge in [-0.25, -0.2) is 9.97 Å². The van der Waals surface area contributed by atoms with Crippen LogP contribution in [0, 0.1) is 0 Å². The summed E-state index contributed by atoms with van der Waals surface area (Å²) >= 11 is 6.17. The second-order valence-corrected chi connectivity index (χ2v) is 6.21. The van der Waals surface area contributed by atoms with E-state index in [0.29, 0.717) is 28.9 Å². The molecule has 0 N–H and O–H groups in total. The van der Waals surface area contributed by atoms with Crippen molar-refractivity contribution in [1.82, 2.24) is 24.8 Å². The Hall–Kier alpha value is -2.08. The molecular formula is C16H18ClN5O. The lowest BCUT2D eigenvalue weighted by Crippen LogP contribution is -2.44. The highest BCUT2D eigenvalue weighted by atomic mass is 35.5. The van der Waals surface area contributed by atoms with Crippen molar-refractivity contribution >= 4 is 17.5 Å². The fourth-order valence-corrected chi connectivity index (χ4v) is 3.13. The van der Waals surface area contributed by atoms with Crippen LogP contribution in [0.3, 0.4) is 0 Å². The molecule has 3 heterocycles. The lowest BCUT2D eigenvalue weighted by atomic mass is 9.92. The van der Waals surface area contributed by atoms with Crippen molar-refractivity contribution in [1.29, 1.82) is 0 Å². The monoisotopic (exact) mass is 331 g/mol. The summed E-state index contributed by atoms with van der Waals surface area (Å²) in [6, 6.07) is 1.94. The average molecular weight is 332 g/mol. The zero-order valence-electron chi connectivity index (χ0n) is 13.1. The Kier molecular flexibility index (Phi) is 4.52. The van der Waals surface area contributed by atoms with Crippen LogP contribution < -0.4 is 0 Å². The Balaban J connectivity index is 1.91. The molecule has 0 aromatic carbocycles.